The molecule has 1 atom stereocenters. The summed E-state index contributed by atoms with van der Waals surface area (Å²) in [5.74, 6) is 0. The van der Waals surface area contributed by atoms with Gasteiger partial charge < -0.3 is 10.7 Å². The quantitative estimate of drug-likeness (QED) is 0.581. The Morgan fingerprint density at radius 1 is 1.50 bits per heavy atom. The van der Waals surface area contributed by atoms with Crippen LogP contribution in [-0.4, -0.2) is 31.2 Å². The summed E-state index contributed by atoms with van der Waals surface area (Å²) in [5.41, 5.74) is 6.36. The van der Waals surface area contributed by atoms with Crippen molar-refractivity contribution in [1.29, 1.82) is 0 Å². The summed E-state index contributed by atoms with van der Waals surface area (Å²) in [6, 6.07) is 0.567. The molecule has 0 amide bonds. The number of nitrogens with zero attached hydrogens (tertiary/aromatic N) is 1. The number of nitrogens with one attached hydrogen (secondary N) is 2. The molecule has 1 unspecified atom stereocenters. The third-order valence-corrected chi connectivity index (χ3v) is 2.65. The predicted molar refractivity (Wildman–Crippen MR) is 52.1 cm³/mol. The van der Waals surface area contributed by atoms with Crippen LogP contribution in [0.5, 0.6) is 0 Å². The molecule has 4 heteroatoms. The fourth-order valence-corrected chi connectivity index (χ4v) is 1.77. The zero-order valence-corrected chi connectivity index (χ0v) is 8.37. The Morgan fingerprint density at radius 2 is 2.25 bits per heavy atom. The standard InChI is InChI=1S/C8H15N3.ClH/c1-6-7-5-9-4-3-8(7)10-11(6)2;/h6,9-10H,3-5H2,1-2H3;1H. The first-order valence-electron chi connectivity index (χ1n) is 4.21. The Morgan fingerprint density at radius 3 is 2.92 bits per heavy atom. The molecule has 2 N–H and O–H groups in total. The highest BCUT2D eigenvalue weighted by molar-refractivity contribution is 5.85. The minimum atomic E-state index is 0. The van der Waals surface area contributed by atoms with Gasteiger partial charge in [-0.25, -0.2) is 5.01 Å². The molecule has 2 rings (SSSR count). The number of halogens is 1. The van der Waals surface area contributed by atoms with E-state index in [4.69, 9.17) is 0 Å². The Hall–Kier alpha value is -0.250. The predicted octanol–water partition coefficient (Wildman–Crippen LogP) is 0.494. The molecule has 70 valence electrons. The fourth-order valence-electron chi connectivity index (χ4n) is 1.77. The Bertz CT molecular complexity index is 202. The zero-order chi connectivity index (χ0) is 7.84. The number of hydrogen-bond donors (Lipinski definition) is 2. The molecule has 0 bridgehead atoms. The number of hydrazine groups is 1. The van der Waals surface area contributed by atoms with E-state index in [2.05, 4.69) is 29.7 Å². The summed E-state index contributed by atoms with van der Waals surface area (Å²) in [5, 5.41) is 5.56. The molecule has 0 aromatic carbocycles. The molecule has 2 heterocycles. The SMILES string of the molecule is CC1C2=C(CCNC2)NN1C.Cl. The smallest absolute Gasteiger partial charge is 0.0501 e. The first kappa shape index (κ1) is 9.84. The average molecular weight is 190 g/mol. The lowest BCUT2D eigenvalue weighted by Gasteiger charge is -2.17. The lowest BCUT2D eigenvalue weighted by Crippen LogP contribution is -2.33. The molecule has 2 aliphatic heterocycles. The molecule has 2 aliphatic rings. The van der Waals surface area contributed by atoms with Crippen LogP contribution >= 0.6 is 12.4 Å². The van der Waals surface area contributed by atoms with E-state index in [1.54, 1.807) is 5.57 Å². The molecule has 0 spiro atoms. The van der Waals surface area contributed by atoms with E-state index in [-0.39, 0.29) is 12.4 Å². The maximum Gasteiger partial charge on any atom is 0.0501 e. The zero-order valence-electron chi connectivity index (χ0n) is 7.55. The monoisotopic (exact) mass is 189 g/mol. The lowest BCUT2D eigenvalue weighted by atomic mass is 10.0. The van der Waals surface area contributed by atoms with Crippen LogP contribution in [0, 0.1) is 0 Å². The molecule has 0 aromatic heterocycles. The minimum Gasteiger partial charge on any atom is -0.323 e. The van der Waals surface area contributed by atoms with Crippen LogP contribution in [0.15, 0.2) is 11.3 Å². The van der Waals surface area contributed by atoms with E-state index in [1.165, 1.54) is 5.70 Å². The third-order valence-electron chi connectivity index (χ3n) is 2.65. The number of likely N-dealkylation sites (N-methyl/N-ethyl adjacent to an activating group) is 1. The third kappa shape index (κ3) is 1.44. The summed E-state index contributed by atoms with van der Waals surface area (Å²) < 4.78 is 0. The van der Waals surface area contributed by atoms with Crippen molar-refractivity contribution in [3.05, 3.63) is 11.3 Å². The second kappa shape index (κ2) is 3.64. The maximum absolute atomic E-state index is 3.38. The van der Waals surface area contributed by atoms with E-state index >= 15 is 0 Å². The number of hydrogen-bond acceptors (Lipinski definition) is 3. The van der Waals surface area contributed by atoms with E-state index in [0.29, 0.717) is 6.04 Å². The minimum absolute atomic E-state index is 0. The average Bonchev–Trinajstić information content (AvgIpc) is 2.30. The van der Waals surface area contributed by atoms with Crippen LogP contribution in [0.3, 0.4) is 0 Å². The fraction of sp³-hybridized carbons (Fsp3) is 0.750. The molecular weight excluding hydrogens is 174 g/mol. The molecule has 0 aromatic rings. The second-order valence-corrected chi connectivity index (χ2v) is 3.33. The van der Waals surface area contributed by atoms with Gasteiger partial charge >= 0.3 is 0 Å². The van der Waals surface area contributed by atoms with E-state index < -0.39 is 0 Å². The van der Waals surface area contributed by atoms with Crippen molar-refractivity contribution in [2.45, 2.75) is 19.4 Å². The van der Waals surface area contributed by atoms with Crippen LogP contribution in [0.4, 0.5) is 0 Å². The van der Waals surface area contributed by atoms with Gasteiger partial charge in [-0.1, -0.05) is 0 Å². The van der Waals surface area contributed by atoms with Crippen molar-refractivity contribution in [3.63, 3.8) is 0 Å². The van der Waals surface area contributed by atoms with Crippen LogP contribution in [0.25, 0.3) is 0 Å². The van der Waals surface area contributed by atoms with Gasteiger partial charge in [-0.15, -0.1) is 12.4 Å². The van der Waals surface area contributed by atoms with Gasteiger partial charge in [0.2, 0.25) is 0 Å². The van der Waals surface area contributed by atoms with Gasteiger partial charge in [0.25, 0.3) is 0 Å². The van der Waals surface area contributed by atoms with Crippen LogP contribution in [0.1, 0.15) is 13.3 Å². The highest BCUT2D eigenvalue weighted by Crippen LogP contribution is 2.22. The molecule has 3 nitrogen and oxygen atoms in total. The Balaban J connectivity index is 0.000000720. The first-order chi connectivity index (χ1) is 5.29. The molecule has 0 saturated heterocycles. The maximum atomic E-state index is 3.38. The van der Waals surface area contributed by atoms with Crippen molar-refractivity contribution >= 4 is 12.4 Å². The van der Waals surface area contributed by atoms with Crippen LogP contribution < -0.4 is 10.7 Å². The van der Waals surface area contributed by atoms with Gasteiger partial charge in [-0.05, 0) is 12.5 Å². The van der Waals surface area contributed by atoms with Gasteiger partial charge in [-0.3, -0.25) is 0 Å². The summed E-state index contributed by atoms with van der Waals surface area (Å²) in [4.78, 5) is 0. The molecule has 0 saturated carbocycles. The van der Waals surface area contributed by atoms with Gasteiger partial charge in [0.15, 0.2) is 0 Å². The highest BCUT2D eigenvalue weighted by atomic mass is 35.5. The van der Waals surface area contributed by atoms with Crippen molar-refractivity contribution in [2.24, 2.45) is 0 Å². The highest BCUT2D eigenvalue weighted by Gasteiger charge is 2.27. The Kier molecular flexibility index (Phi) is 2.99. The Labute approximate surface area is 79.6 Å². The summed E-state index contributed by atoms with van der Waals surface area (Å²) in [6.07, 6.45) is 1.16. The molecule has 0 radical (unpaired) electrons. The molecular formula is C8H16ClN3. The van der Waals surface area contributed by atoms with Crippen molar-refractivity contribution in [2.75, 3.05) is 20.1 Å². The largest absolute Gasteiger partial charge is 0.323 e. The van der Waals surface area contributed by atoms with Gasteiger partial charge in [0.1, 0.15) is 0 Å². The molecule has 12 heavy (non-hydrogen) atoms. The van der Waals surface area contributed by atoms with Crippen LogP contribution in [0.2, 0.25) is 0 Å². The van der Waals surface area contributed by atoms with Crippen molar-refractivity contribution < 1.29 is 0 Å². The summed E-state index contributed by atoms with van der Waals surface area (Å²) in [6.45, 7) is 4.42. The van der Waals surface area contributed by atoms with Gasteiger partial charge in [0, 0.05) is 32.3 Å². The summed E-state index contributed by atoms with van der Waals surface area (Å²) in [7, 11) is 2.10. The van der Waals surface area contributed by atoms with E-state index in [1.807, 2.05) is 0 Å². The molecule has 0 aliphatic carbocycles. The second-order valence-electron chi connectivity index (χ2n) is 3.33. The topological polar surface area (TPSA) is 27.3 Å². The number of rotatable bonds is 0. The normalized spacial score (nSPS) is 29.3. The molecule has 0 fully saturated rings. The van der Waals surface area contributed by atoms with Crippen molar-refractivity contribution in [3.8, 4) is 0 Å². The summed E-state index contributed by atoms with van der Waals surface area (Å²) >= 11 is 0. The van der Waals surface area contributed by atoms with Gasteiger partial charge in [0.05, 0.1) is 6.04 Å². The first-order valence-corrected chi connectivity index (χ1v) is 4.21. The van der Waals surface area contributed by atoms with E-state index in [0.717, 1.165) is 19.5 Å². The van der Waals surface area contributed by atoms with Gasteiger partial charge in [-0.2, -0.15) is 0 Å². The van der Waals surface area contributed by atoms with E-state index in [9.17, 15) is 0 Å². The lowest BCUT2D eigenvalue weighted by molar-refractivity contribution is 0.254. The van der Waals surface area contributed by atoms with Crippen LogP contribution in [-0.2, 0) is 0 Å². The van der Waals surface area contributed by atoms with Crippen molar-refractivity contribution in [1.82, 2.24) is 15.8 Å².